The molecule has 6 heteroatoms. The summed E-state index contributed by atoms with van der Waals surface area (Å²) in [5, 5.41) is 3.43. The molecule has 0 atom stereocenters. The number of aryl methyl sites for hydroxylation is 2. The van der Waals surface area contributed by atoms with Gasteiger partial charge in [-0.1, -0.05) is 15.9 Å². The number of thiazole rings is 1. The fraction of sp³-hybridized carbons (Fsp3) is 0.167. The third-order valence-corrected chi connectivity index (χ3v) is 4.60. The smallest absolute Gasteiger partial charge is 0.258 e. The Kier molecular flexibility index (Phi) is 4.19. The third kappa shape index (κ3) is 2.99. The molecule has 0 saturated heterocycles. The van der Waals surface area contributed by atoms with Gasteiger partial charge >= 0.3 is 0 Å². The summed E-state index contributed by atoms with van der Waals surface area (Å²) in [5.74, 6) is -0.170. The lowest BCUT2D eigenvalue weighted by Gasteiger charge is -2.04. The zero-order valence-corrected chi connectivity index (χ0v) is 13.7. The van der Waals surface area contributed by atoms with Crippen LogP contribution in [0.15, 0.2) is 27.1 Å². The summed E-state index contributed by atoms with van der Waals surface area (Å²) in [4.78, 5) is 17.5. The summed E-state index contributed by atoms with van der Waals surface area (Å²) in [6, 6.07) is 5.47. The molecule has 1 N–H and O–H groups in total. The van der Waals surface area contributed by atoms with E-state index in [1.54, 1.807) is 6.07 Å². The minimum atomic E-state index is -0.170. The fourth-order valence-corrected chi connectivity index (χ4v) is 2.96. The number of aromatic nitrogens is 1. The molecule has 2 aromatic rings. The van der Waals surface area contributed by atoms with Gasteiger partial charge in [0.05, 0.1) is 11.3 Å². The van der Waals surface area contributed by atoms with Gasteiger partial charge in [-0.15, -0.1) is 11.3 Å². The summed E-state index contributed by atoms with van der Waals surface area (Å²) in [7, 11) is 0. The first-order chi connectivity index (χ1) is 8.47. The molecule has 0 aliphatic heterocycles. The van der Waals surface area contributed by atoms with E-state index < -0.39 is 0 Å². The normalized spacial score (nSPS) is 10.4. The van der Waals surface area contributed by atoms with Crippen LogP contribution in [0.1, 0.15) is 20.9 Å². The Morgan fingerprint density at radius 3 is 2.67 bits per heavy atom. The van der Waals surface area contributed by atoms with Gasteiger partial charge in [0, 0.05) is 13.8 Å². The molecule has 0 unspecified atom stereocenters. The van der Waals surface area contributed by atoms with Crippen LogP contribution in [0.5, 0.6) is 0 Å². The Hall–Kier alpha value is -0.720. The summed E-state index contributed by atoms with van der Waals surface area (Å²) in [6.07, 6.45) is 0. The maximum atomic E-state index is 12.1. The van der Waals surface area contributed by atoms with E-state index in [1.807, 2.05) is 26.0 Å². The van der Waals surface area contributed by atoms with E-state index in [4.69, 9.17) is 0 Å². The van der Waals surface area contributed by atoms with Gasteiger partial charge in [-0.25, -0.2) is 4.98 Å². The van der Waals surface area contributed by atoms with E-state index >= 15 is 0 Å². The van der Waals surface area contributed by atoms with Gasteiger partial charge in [-0.2, -0.15) is 0 Å². The number of amides is 1. The first-order valence-electron chi connectivity index (χ1n) is 5.18. The SMILES string of the molecule is Cc1nc(NC(=O)c2cc(Br)ccc2Br)sc1C. The van der Waals surface area contributed by atoms with Crippen LogP contribution < -0.4 is 5.32 Å². The van der Waals surface area contributed by atoms with Gasteiger partial charge in [0.15, 0.2) is 5.13 Å². The van der Waals surface area contributed by atoms with Crippen molar-refractivity contribution < 1.29 is 4.79 Å². The van der Waals surface area contributed by atoms with Crippen molar-refractivity contribution in [2.24, 2.45) is 0 Å². The van der Waals surface area contributed by atoms with Crippen molar-refractivity contribution in [3.8, 4) is 0 Å². The molecule has 2 rings (SSSR count). The summed E-state index contributed by atoms with van der Waals surface area (Å²) >= 11 is 8.19. The highest BCUT2D eigenvalue weighted by Gasteiger charge is 2.13. The third-order valence-electron chi connectivity index (χ3n) is 2.42. The number of hydrogen-bond donors (Lipinski definition) is 1. The van der Waals surface area contributed by atoms with Gasteiger partial charge in [0.2, 0.25) is 0 Å². The van der Waals surface area contributed by atoms with Crippen molar-refractivity contribution in [3.05, 3.63) is 43.3 Å². The molecule has 3 nitrogen and oxygen atoms in total. The molecule has 18 heavy (non-hydrogen) atoms. The summed E-state index contributed by atoms with van der Waals surface area (Å²) in [6.45, 7) is 3.91. The second-order valence-electron chi connectivity index (χ2n) is 3.74. The largest absolute Gasteiger partial charge is 0.298 e. The number of anilines is 1. The Morgan fingerprint density at radius 2 is 2.06 bits per heavy atom. The average molecular weight is 390 g/mol. The average Bonchev–Trinajstić information content (AvgIpc) is 2.61. The Bertz CT molecular complexity index is 591. The summed E-state index contributed by atoms with van der Waals surface area (Å²) in [5.41, 5.74) is 1.53. The van der Waals surface area contributed by atoms with Gasteiger partial charge in [0.25, 0.3) is 5.91 Å². The molecule has 0 fully saturated rings. The van der Waals surface area contributed by atoms with Crippen LogP contribution in [-0.4, -0.2) is 10.9 Å². The van der Waals surface area contributed by atoms with Gasteiger partial charge < -0.3 is 0 Å². The number of carbonyl (C=O) groups excluding carboxylic acids is 1. The lowest BCUT2D eigenvalue weighted by molar-refractivity contribution is 0.102. The number of hydrogen-bond acceptors (Lipinski definition) is 3. The highest BCUT2D eigenvalue weighted by atomic mass is 79.9. The lowest BCUT2D eigenvalue weighted by Crippen LogP contribution is -2.12. The molecule has 94 valence electrons. The van der Waals surface area contributed by atoms with E-state index in [1.165, 1.54) is 11.3 Å². The molecule has 1 heterocycles. The maximum absolute atomic E-state index is 12.1. The van der Waals surface area contributed by atoms with Crippen LogP contribution in [0.2, 0.25) is 0 Å². The van der Waals surface area contributed by atoms with Crippen LogP contribution in [0.4, 0.5) is 5.13 Å². The number of benzene rings is 1. The second kappa shape index (κ2) is 5.50. The van der Waals surface area contributed by atoms with Crippen molar-refractivity contribution in [1.82, 2.24) is 4.98 Å². The van der Waals surface area contributed by atoms with Crippen molar-refractivity contribution >= 4 is 54.2 Å². The second-order valence-corrected chi connectivity index (χ2v) is 6.71. The van der Waals surface area contributed by atoms with E-state index in [2.05, 4.69) is 42.2 Å². The number of halogens is 2. The van der Waals surface area contributed by atoms with E-state index in [0.717, 1.165) is 19.5 Å². The number of carbonyl (C=O) groups is 1. The Morgan fingerprint density at radius 1 is 1.33 bits per heavy atom. The van der Waals surface area contributed by atoms with E-state index in [9.17, 15) is 4.79 Å². The first-order valence-corrected chi connectivity index (χ1v) is 7.58. The molecular weight excluding hydrogens is 380 g/mol. The van der Waals surface area contributed by atoms with Crippen LogP contribution in [0.25, 0.3) is 0 Å². The zero-order valence-electron chi connectivity index (χ0n) is 9.75. The minimum absolute atomic E-state index is 0.170. The standard InChI is InChI=1S/C12H10Br2N2OS/c1-6-7(2)18-12(15-6)16-11(17)9-5-8(13)3-4-10(9)14/h3-5H,1-2H3,(H,15,16,17). The Labute approximate surface area is 126 Å². The van der Waals surface area contributed by atoms with Gasteiger partial charge in [-0.05, 0) is 48.0 Å². The number of nitrogens with one attached hydrogen (secondary N) is 1. The maximum Gasteiger partial charge on any atom is 0.258 e. The number of rotatable bonds is 2. The topological polar surface area (TPSA) is 42.0 Å². The zero-order chi connectivity index (χ0) is 13.3. The van der Waals surface area contributed by atoms with Gasteiger partial charge in [0.1, 0.15) is 0 Å². The predicted molar refractivity (Wildman–Crippen MR) is 81.4 cm³/mol. The van der Waals surface area contributed by atoms with Crippen LogP contribution in [0.3, 0.4) is 0 Å². The molecule has 0 saturated carbocycles. The van der Waals surface area contributed by atoms with Crippen molar-refractivity contribution in [2.75, 3.05) is 5.32 Å². The quantitative estimate of drug-likeness (QED) is 0.819. The minimum Gasteiger partial charge on any atom is -0.298 e. The van der Waals surface area contributed by atoms with Crippen molar-refractivity contribution in [3.63, 3.8) is 0 Å². The fourth-order valence-electron chi connectivity index (χ4n) is 1.36. The van der Waals surface area contributed by atoms with Crippen molar-refractivity contribution in [2.45, 2.75) is 13.8 Å². The molecular formula is C12H10Br2N2OS. The highest BCUT2D eigenvalue weighted by molar-refractivity contribution is 9.11. The molecule has 1 amide bonds. The Balaban J connectivity index is 2.24. The van der Waals surface area contributed by atoms with Crippen molar-refractivity contribution in [1.29, 1.82) is 0 Å². The van der Waals surface area contributed by atoms with Gasteiger partial charge in [-0.3, -0.25) is 10.1 Å². The van der Waals surface area contributed by atoms with Crippen LogP contribution >= 0.6 is 43.2 Å². The predicted octanol–water partition coefficient (Wildman–Crippen LogP) is 4.54. The van der Waals surface area contributed by atoms with E-state index in [-0.39, 0.29) is 5.91 Å². The van der Waals surface area contributed by atoms with Crippen LogP contribution in [-0.2, 0) is 0 Å². The van der Waals surface area contributed by atoms with Crippen LogP contribution in [0, 0.1) is 13.8 Å². The molecule has 0 aliphatic carbocycles. The number of nitrogens with zero attached hydrogens (tertiary/aromatic N) is 1. The summed E-state index contributed by atoms with van der Waals surface area (Å²) < 4.78 is 1.62. The molecule has 1 aromatic carbocycles. The molecule has 0 aliphatic rings. The lowest BCUT2D eigenvalue weighted by atomic mass is 10.2. The molecule has 0 spiro atoms. The molecule has 0 bridgehead atoms. The monoisotopic (exact) mass is 388 g/mol. The highest BCUT2D eigenvalue weighted by Crippen LogP contribution is 2.25. The first kappa shape index (κ1) is 13.7. The van der Waals surface area contributed by atoms with E-state index in [0.29, 0.717) is 10.7 Å². The molecule has 0 radical (unpaired) electrons. The molecule has 1 aromatic heterocycles.